The molecule has 3 rings (SSSR count). The number of amides is 1. The average Bonchev–Trinajstić information content (AvgIpc) is 2.97. The second-order valence-electron chi connectivity index (χ2n) is 6.18. The van der Waals surface area contributed by atoms with E-state index in [-0.39, 0.29) is 18.2 Å². The van der Waals surface area contributed by atoms with Crippen molar-refractivity contribution in [2.45, 2.75) is 32.2 Å². The van der Waals surface area contributed by atoms with E-state index in [2.05, 4.69) is 11.0 Å². The smallest absolute Gasteiger partial charge is 0.236 e. The van der Waals surface area contributed by atoms with Crippen LogP contribution in [0, 0.1) is 0 Å². The van der Waals surface area contributed by atoms with Crippen molar-refractivity contribution in [1.82, 2.24) is 4.90 Å². The second kappa shape index (κ2) is 6.08. The van der Waals surface area contributed by atoms with E-state index in [4.69, 9.17) is 5.73 Å². The fourth-order valence-corrected chi connectivity index (χ4v) is 3.59. The number of hydrogen-bond donors (Lipinski definition) is 1. The molecule has 1 aromatic carbocycles. The number of ketones is 1. The third-order valence-electron chi connectivity index (χ3n) is 4.78. The van der Waals surface area contributed by atoms with Crippen molar-refractivity contribution >= 4 is 17.4 Å². The zero-order valence-corrected chi connectivity index (χ0v) is 13.0. The second-order valence-corrected chi connectivity index (χ2v) is 6.18. The molecule has 0 bridgehead atoms. The quantitative estimate of drug-likeness (QED) is 0.852. The Kier molecular flexibility index (Phi) is 4.16. The Hall–Kier alpha value is -1.88. The molecule has 0 radical (unpaired) electrons. The van der Waals surface area contributed by atoms with Crippen molar-refractivity contribution in [2.75, 3.05) is 31.1 Å². The van der Waals surface area contributed by atoms with Crippen LogP contribution in [0.2, 0.25) is 0 Å². The third kappa shape index (κ3) is 2.73. The number of benzene rings is 1. The molecule has 118 valence electrons. The summed E-state index contributed by atoms with van der Waals surface area (Å²) in [6, 6.07) is 6.34. The molecule has 2 N–H and O–H groups in total. The summed E-state index contributed by atoms with van der Waals surface area (Å²) < 4.78 is 0. The van der Waals surface area contributed by atoms with Gasteiger partial charge in [-0.15, -0.1) is 0 Å². The van der Waals surface area contributed by atoms with Gasteiger partial charge in [0.05, 0.1) is 6.54 Å². The fourth-order valence-electron chi connectivity index (χ4n) is 3.59. The number of anilines is 1. The maximum absolute atomic E-state index is 11.8. The first-order chi connectivity index (χ1) is 10.6. The molecule has 2 aliphatic rings. The van der Waals surface area contributed by atoms with Gasteiger partial charge < -0.3 is 15.5 Å². The van der Waals surface area contributed by atoms with Gasteiger partial charge in [-0.1, -0.05) is 0 Å². The number of carbonyl (C=O) groups is 2. The highest BCUT2D eigenvalue weighted by Gasteiger charge is 2.31. The first kappa shape index (κ1) is 15.0. The minimum absolute atomic E-state index is 0.0380. The van der Waals surface area contributed by atoms with Gasteiger partial charge in [0.15, 0.2) is 5.78 Å². The van der Waals surface area contributed by atoms with Crippen molar-refractivity contribution in [3.8, 4) is 0 Å². The summed E-state index contributed by atoms with van der Waals surface area (Å²) in [4.78, 5) is 27.6. The van der Waals surface area contributed by atoms with Crippen molar-refractivity contribution in [3.05, 3.63) is 29.3 Å². The zero-order valence-electron chi connectivity index (χ0n) is 13.0. The van der Waals surface area contributed by atoms with Crippen molar-refractivity contribution in [1.29, 1.82) is 0 Å². The molecule has 5 heteroatoms. The fraction of sp³-hybridized carbons (Fsp3) is 0.529. The van der Waals surface area contributed by atoms with Gasteiger partial charge in [0.25, 0.3) is 0 Å². The van der Waals surface area contributed by atoms with E-state index in [0.717, 1.165) is 44.5 Å². The maximum atomic E-state index is 11.8. The minimum atomic E-state index is 0.0380. The van der Waals surface area contributed by atoms with Gasteiger partial charge >= 0.3 is 0 Å². The number of fused-ring (bicyclic) bond motifs is 1. The van der Waals surface area contributed by atoms with Gasteiger partial charge in [0.1, 0.15) is 0 Å². The molecule has 0 spiro atoms. The summed E-state index contributed by atoms with van der Waals surface area (Å²) >= 11 is 0. The van der Waals surface area contributed by atoms with Gasteiger partial charge in [-0.25, -0.2) is 0 Å². The van der Waals surface area contributed by atoms with Crippen LogP contribution in [0.5, 0.6) is 0 Å². The number of carbonyl (C=O) groups excluding carboxylic acids is 2. The van der Waals surface area contributed by atoms with Crippen molar-refractivity contribution in [3.63, 3.8) is 0 Å². The molecule has 0 aliphatic carbocycles. The predicted octanol–water partition coefficient (Wildman–Crippen LogP) is 1.20. The largest absolute Gasteiger partial charge is 0.366 e. The number of nitrogens with two attached hydrogens (primary N) is 1. The zero-order chi connectivity index (χ0) is 15.7. The lowest BCUT2D eigenvalue weighted by Gasteiger charge is -2.39. The SMILES string of the molecule is CC(=O)c1ccc2c(c1)CCN2C1CCCN(C(=O)CN)C1. The predicted molar refractivity (Wildman–Crippen MR) is 86.2 cm³/mol. The van der Waals surface area contributed by atoms with E-state index >= 15 is 0 Å². The molecule has 1 atom stereocenters. The van der Waals surface area contributed by atoms with Gasteiger partial charge in [-0.3, -0.25) is 9.59 Å². The number of rotatable bonds is 3. The molecular formula is C17H23N3O2. The van der Waals surface area contributed by atoms with Crippen LogP contribution in [0.3, 0.4) is 0 Å². The third-order valence-corrected chi connectivity index (χ3v) is 4.78. The number of piperidine rings is 1. The Morgan fingerprint density at radius 2 is 2.14 bits per heavy atom. The molecule has 2 heterocycles. The first-order valence-electron chi connectivity index (χ1n) is 7.98. The van der Waals surface area contributed by atoms with Gasteiger partial charge in [0.2, 0.25) is 5.91 Å². The lowest BCUT2D eigenvalue weighted by molar-refractivity contribution is -0.130. The maximum Gasteiger partial charge on any atom is 0.236 e. The molecule has 2 aliphatic heterocycles. The summed E-state index contributed by atoms with van der Waals surface area (Å²) in [5.74, 6) is 0.148. The Morgan fingerprint density at radius 3 is 2.86 bits per heavy atom. The molecule has 0 aromatic heterocycles. The minimum Gasteiger partial charge on any atom is -0.366 e. The Bertz CT molecular complexity index is 600. The number of hydrogen-bond acceptors (Lipinski definition) is 4. The number of nitrogens with zero attached hydrogens (tertiary/aromatic N) is 2. The van der Waals surface area contributed by atoms with Gasteiger partial charge in [-0.05, 0) is 49.9 Å². The van der Waals surface area contributed by atoms with E-state index in [1.54, 1.807) is 6.92 Å². The summed E-state index contributed by atoms with van der Waals surface area (Å²) in [6.07, 6.45) is 3.09. The lowest BCUT2D eigenvalue weighted by atomic mass is 10.0. The molecule has 1 aromatic rings. The summed E-state index contributed by atoms with van der Waals surface area (Å²) in [5.41, 5.74) is 8.73. The topological polar surface area (TPSA) is 66.6 Å². The standard InChI is InChI=1S/C17H23N3O2/c1-12(21)13-4-5-16-14(9-13)6-8-20(16)15-3-2-7-19(11-15)17(22)10-18/h4-5,9,15H,2-3,6-8,10-11,18H2,1H3. The highest BCUT2D eigenvalue weighted by Crippen LogP contribution is 2.33. The first-order valence-corrected chi connectivity index (χ1v) is 7.98. The van der Waals surface area contributed by atoms with Gasteiger partial charge in [0, 0.05) is 36.9 Å². The van der Waals surface area contributed by atoms with E-state index in [0.29, 0.717) is 6.04 Å². The molecule has 1 saturated heterocycles. The molecular weight excluding hydrogens is 278 g/mol. The average molecular weight is 301 g/mol. The van der Waals surface area contributed by atoms with Crippen LogP contribution in [0.25, 0.3) is 0 Å². The highest BCUT2D eigenvalue weighted by atomic mass is 16.2. The summed E-state index contributed by atoms with van der Waals surface area (Å²) in [6.45, 7) is 4.23. The normalized spacial score (nSPS) is 20.9. The monoisotopic (exact) mass is 301 g/mol. The number of likely N-dealkylation sites (tertiary alicyclic amines) is 1. The molecule has 1 unspecified atom stereocenters. The van der Waals surface area contributed by atoms with E-state index in [9.17, 15) is 9.59 Å². The van der Waals surface area contributed by atoms with Crippen LogP contribution < -0.4 is 10.6 Å². The van der Waals surface area contributed by atoms with E-state index in [1.165, 1.54) is 11.3 Å². The van der Waals surface area contributed by atoms with Crippen LogP contribution in [0.15, 0.2) is 18.2 Å². The van der Waals surface area contributed by atoms with Crippen molar-refractivity contribution in [2.24, 2.45) is 5.73 Å². The van der Waals surface area contributed by atoms with Crippen LogP contribution in [-0.2, 0) is 11.2 Å². The Morgan fingerprint density at radius 1 is 1.32 bits per heavy atom. The van der Waals surface area contributed by atoms with E-state index in [1.807, 2.05) is 17.0 Å². The Balaban J connectivity index is 1.78. The van der Waals surface area contributed by atoms with Crippen LogP contribution >= 0.6 is 0 Å². The number of Topliss-reactive ketones (excluding diaryl/α,β-unsaturated/α-hetero) is 1. The lowest BCUT2D eigenvalue weighted by Crippen LogP contribution is -2.50. The van der Waals surface area contributed by atoms with Gasteiger partial charge in [-0.2, -0.15) is 0 Å². The molecule has 22 heavy (non-hydrogen) atoms. The van der Waals surface area contributed by atoms with Crippen LogP contribution in [0.1, 0.15) is 35.7 Å². The molecule has 1 amide bonds. The molecule has 0 saturated carbocycles. The van der Waals surface area contributed by atoms with Crippen LogP contribution in [0.4, 0.5) is 5.69 Å². The summed E-state index contributed by atoms with van der Waals surface area (Å²) in [7, 11) is 0. The van der Waals surface area contributed by atoms with Crippen molar-refractivity contribution < 1.29 is 9.59 Å². The molecule has 5 nitrogen and oxygen atoms in total. The Labute approximate surface area is 131 Å². The summed E-state index contributed by atoms with van der Waals surface area (Å²) in [5, 5.41) is 0. The van der Waals surface area contributed by atoms with Crippen LogP contribution in [-0.4, -0.2) is 48.8 Å². The highest BCUT2D eigenvalue weighted by molar-refractivity contribution is 5.95. The molecule has 1 fully saturated rings. The van der Waals surface area contributed by atoms with E-state index < -0.39 is 0 Å².